The molecule has 0 fully saturated rings. The van der Waals surface area contributed by atoms with Crippen molar-refractivity contribution in [2.45, 2.75) is 25.8 Å². The van der Waals surface area contributed by atoms with Gasteiger partial charge in [-0.2, -0.15) is 0 Å². The summed E-state index contributed by atoms with van der Waals surface area (Å²) >= 11 is 0. The van der Waals surface area contributed by atoms with E-state index in [9.17, 15) is 14.7 Å². The number of phenols is 1. The van der Waals surface area contributed by atoms with Gasteiger partial charge >= 0.3 is 5.69 Å². The molecule has 2 heterocycles. The first kappa shape index (κ1) is 22.1. The summed E-state index contributed by atoms with van der Waals surface area (Å²) in [5.41, 5.74) is 2.41. The van der Waals surface area contributed by atoms with Crippen molar-refractivity contribution in [3.8, 4) is 5.75 Å². The van der Waals surface area contributed by atoms with E-state index in [0.717, 1.165) is 38.9 Å². The van der Waals surface area contributed by atoms with Crippen LogP contribution in [0.1, 0.15) is 24.8 Å². The molecule has 4 rings (SSSR count). The van der Waals surface area contributed by atoms with E-state index in [2.05, 4.69) is 40.2 Å². The van der Waals surface area contributed by atoms with Crippen molar-refractivity contribution in [3.05, 3.63) is 81.0 Å². The molecule has 7 heteroatoms. The fourth-order valence-electron chi connectivity index (χ4n) is 3.94. The molecule has 1 aromatic heterocycles. The largest absolute Gasteiger partial charge is 0.508 e. The molecule has 0 aliphatic carbocycles. The lowest BCUT2D eigenvalue weighted by atomic mass is 9.99. The molecular weight excluding hydrogens is 446 g/mol. The number of rotatable bonds is 6. The Bertz CT molecular complexity index is 1150. The Hall–Kier alpha value is -2.64. The van der Waals surface area contributed by atoms with Gasteiger partial charge in [0.1, 0.15) is 5.75 Å². The fraction of sp³-hybridized carbons (Fsp3) is 0.304. The molecule has 1 aliphatic heterocycles. The zero-order valence-corrected chi connectivity index (χ0v) is 18.4. The Morgan fingerprint density at radius 3 is 2.50 bits per heavy atom. The van der Waals surface area contributed by atoms with Gasteiger partial charge in [0.2, 0.25) is 0 Å². The smallest absolute Gasteiger partial charge is 0.328 e. The summed E-state index contributed by atoms with van der Waals surface area (Å²) < 4.78 is 1.58. The van der Waals surface area contributed by atoms with E-state index in [0.29, 0.717) is 17.4 Å². The van der Waals surface area contributed by atoms with Crippen LogP contribution < -0.4 is 11.2 Å². The van der Waals surface area contributed by atoms with Crippen LogP contribution >= 0.6 is 17.0 Å². The van der Waals surface area contributed by atoms with Gasteiger partial charge in [-0.1, -0.05) is 36.4 Å². The molecule has 30 heavy (non-hydrogen) atoms. The summed E-state index contributed by atoms with van der Waals surface area (Å²) in [6.07, 6.45) is 5.18. The summed E-state index contributed by atoms with van der Waals surface area (Å²) in [4.78, 5) is 29.0. The Kier molecular flexibility index (Phi) is 7.29. The number of benzene rings is 2. The minimum absolute atomic E-state index is 0. The normalized spacial score (nSPS) is 14.3. The SMILES string of the molecule is Br.O=c1[nH]c(=O)n(CCCCN2CC=C(c3ccccc3)CC2)c2ccc(O)cc12. The third-order valence-corrected chi connectivity index (χ3v) is 5.53. The van der Waals surface area contributed by atoms with Gasteiger partial charge in [-0.15, -0.1) is 17.0 Å². The Morgan fingerprint density at radius 1 is 1.00 bits per heavy atom. The van der Waals surface area contributed by atoms with Gasteiger partial charge in [0, 0.05) is 19.6 Å². The number of fused-ring (bicyclic) bond motifs is 1. The topological polar surface area (TPSA) is 78.3 Å². The van der Waals surface area contributed by atoms with Crippen molar-refractivity contribution in [3.63, 3.8) is 0 Å². The lowest BCUT2D eigenvalue weighted by molar-refractivity contribution is 0.292. The average Bonchev–Trinajstić information content (AvgIpc) is 2.74. The number of H-pyrrole nitrogens is 1. The van der Waals surface area contributed by atoms with Crippen molar-refractivity contribution in [1.82, 2.24) is 14.5 Å². The maximum absolute atomic E-state index is 12.2. The first-order valence-electron chi connectivity index (χ1n) is 10.0. The van der Waals surface area contributed by atoms with Gasteiger partial charge in [0.25, 0.3) is 5.56 Å². The third kappa shape index (κ3) is 4.91. The summed E-state index contributed by atoms with van der Waals surface area (Å²) in [7, 11) is 0. The highest BCUT2D eigenvalue weighted by Crippen LogP contribution is 2.22. The molecule has 158 valence electrons. The number of aryl methyl sites for hydroxylation is 1. The van der Waals surface area contributed by atoms with Crippen LogP contribution in [0, 0.1) is 0 Å². The summed E-state index contributed by atoms with van der Waals surface area (Å²) in [6, 6.07) is 15.0. The van der Waals surface area contributed by atoms with Crippen LogP contribution in [0.15, 0.2) is 64.2 Å². The lowest BCUT2D eigenvalue weighted by Crippen LogP contribution is -2.31. The quantitative estimate of drug-likeness (QED) is 0.538. The number of aromatic hydroxyl groups is 1. The van der Waals surface area contributed by atoms with Crippen LogP contribution in [0.3, 0.4) is 0 Å². The molecule has 6 nitrogen and oxygen atoms in total. The van der Waals surface area contributed by atoms with Crippen molar-refractivity contribution in [1.29, 1.82) is 0 Å². The number of hydrogen-bond donors (Lipinski definition) is 2. The number of nitrogens with one attached hydrogen (secondary N) is 1. The molecule has 0 radical (unpaired) electrons. The number of phenolic OH excluding ortho intramolecular Hbond substituents is 1. The highest BCUT2D eigenvalue weighted by atomic mass is 79.9. The van der Waals surface area contributed by atoms with Crippen LogP contribution in [0.25, 0.3) is 16.5 Å². The fourth-order valence-corrected chi connectivity index (χ4v) is 3.94. The number of aromatic nitrogens is 2. The molecular formula is C23H26BrN3O3. The second kappa shape index (κ2) is 9.91. The van der Waals surface area contributed by atoms with Gasteiger partial charge in [-0.05, 0) is 55.1 Å². The lowest BCUT2D eigenvalue weighted by Gasteiger charge is -2.26. The Morgan fingerprint density at radius 2 is 1.77 bits per heavy atom. The minimum Gasteiger partial charge on any atom is -0.508 e. The van der Waals surface area contributed by atoms with Crippen molar-refractivity contribution in [2.24, 2.45) is 0 Å². The van der Waals surface area contributed by atoms with Gasteiger partial charge in [0.05, 0.1) is 10.9 Å². The maximum Gasteiger partial charge on any atom is 0.328 e. The first-order chi connectivity index (χ1) is 14.1. The highest BCUT2D eigenvalue weighted by molar-refractivity contribution is 8.93. The number of hydrogen-bond acceptors (Lipinski definition) is 4. The van der Waals surface area contributed by atoms with E-state index in [1.54, 1.807) is 10.6 Å². The van der Waals surface area contributed by atoms with E-state index in [4.69, 9.17) is 0 Å². The number of unbranched alkanes of at least 4 members (excludes halogenated alkanes) is 1. The van der Waals surface area contributed by atoms with E-state index in [1.165, 1.54) is 23.3 Å². The highest BCUT2D eigenvalue weighted by Gasteiger charge is 2.13. The zero-order chi connectivity index (χ0) is 20.2. The number of halogens is 1. The van der Waals surface area contributed by atoms with Gasteiger partial charge in [0.15, 0.2) is 0 Å². The van der Waals surface area contributed by atoms with Crippen LogP contribution in [-0.4, -0.2) is 39.2 Å². The van der Waals surface area contributed by atoms with E-state index in [1.807, 2.05) is 6.07 Å². The van der Waals surface area contributed by atoms with E-state index in [-0.39, 0.29) is 22.7 Å². The number of aromatic amines is 1. The second-order valence-corrected chi connectivity index (χ2v) is 7.47. The predicted octanol–water partition coefficient (Wildman–Crippen LogP) is 3.54. The monoisotopic (exact) mass is 471 g/mol. The summed E-state index contributed by atoms with van der Waals surface area (Å²) in [5, 5.41) is 9.95. The zero-order valence-electron chi connectivity index (χ0n) is 16.7. The minimum atomic E-state index is -0.466. The molecule has 0 spiro atoms. The standard InChI is InChI=1S/C23H25N3O3.BrH/c27-19-8-9-21-20(16-19)22(28)24-23(29)26(21)13-5-4-12-25-14-10-18(11-15-25)17-6-2-1-3-7-17;/h1-3,6-10,16,27H,4-5,11-15H2,(H,24,28,29);1H. The van der Waals surface area contributed by atoms with Crippen LogP contribution in [-0.2, 0) is 6.54 Å². The van der Waals surface area contributed by atoms with Gasteiger partial charge in [-0.3, -0.25) is 19.2 Å². The first-order valence-corrected chi connectivity index (χ1v) is 10.0. The van der Waals surface area contributed by atoms with Crippen molar-refractivity contribution < 1.29 is 5.11 Å². The molecule has 2 N–H and O–H groups in total. The van der Waals surface area contributed by atoms with Gasteiger partial charge < -0.3 is 5.11 Å². The maximum atomic E-state index is 12.2. The number of nitrogens with zero attached hydrogens (tertiary/aromatic N) is 2. The molecule has 0 saturated carbocycles. The second-order valence-electron chi connectivity index (χ2n) is 7.47. The predicted molar refractivity (Wildman–Crippen MR) is 126 cm³/mol. The summed E-state index contributed by atoms with van der Waals surface area (Å²) in [5.74, 6) is 0.0150. The molecule has 3 aromatic rings. The average molecular weight is 472 g/mol. The molecule has 0 amide bonds. The van der Waals surface area contributed by atoms with Crippen LogP contribution in [0.2, 0.25) is 0 Å². The third-order valence-electron chi connectivity index (χ3n) is 5.53. The van der Waals surface area contributed by atoms with Crippen molar-refractivity contribution >= 4 is 33.5 Å². The van der Waals surface area contributed by atoms with Crippen molar-refractivity contribution in [2.75, 3.05) is 19.6 Å². The van der Waals surface area contributed by atoms with Gasteiger partial charge in [-0.25, -0.2) is 4.79 Å². The molecule has 0 atom stereocenters. The molecule has 2 aromatic carbocycles. The van der Waals surface area contributed by atoms with E-state index < -0.39 is 11.2 Å². The molecule has 0 bridgehead atoms. The Balaban J connectivity index is 0.00000256. The van der Waals surface area contributed by atoms with Crippen LogP contribution in [0.4, 0.5) is 0 Å². The van der Waals surface area contributed by atoms with Crippen LogP contribution in [0.5, 0.6) is 5.75 Å². The molecule has 0 unspecified atom stereocenters. The Labute approximate surface area is 185 Å². The summed E-state index contributed by atoms with van der Waals surface area (Å²) in [6.45, 7) is 3.51. The molecule has 1 aliphatic rings. The van der Waals surface area contributed by atoms with E-state index >= 15 is 0 Å². The molecule has 0 saturated heterocycles.